The number of benzene rings is 1. The highest BCUT2D eigenvalue weighted by Crippen LogP contribution is 2.21. The molecule has 3 rings (SSSR count). The van der Waals surface area contributed by atoms with Crippen molar-refractivity contribution in [3.8, 4) is 0 Å². The molecule has 0 radical (unpaired) electrons. The normalized spacial score (nSPS) is 14.2. The number of aryl methyl sites for hydroxylation is 1. The molecule has 0 spiro atoms. The molecule has 1 aliphatic heterocycles. The van der Waals surface area contributed by atoms with Crippen molar-refractivity contribution in [3.05, 3.63) is 53.9 Å². The predicted octanol–water partition coefficient (Wildman–Crippen LogP) is 2.49. The van der Waals surface area contributed by atoms with Crippen LogP contribution in [0.3, 0.4) is 0 Å². The van der Waals surface area contributed by atoms with Crippen molar-refractivity contribution in [2.45, 2.75) is 19.8 Å². The van der Waals surface area contributed by atoms with Gasteiger partial charge >= 0.3 is 6.03 Å². The highest BCUT2D eigenvalue weighted by molar-refractivity contribution is 5.95. The van der Waals surface area contributed by atoms with Gasteiger partial charge in [-0.25, -0.2) is 4.79 Å². The van der Waals surface area contributed by atoms with Crippen molar-refractivity contribution in [2.75, 3.05) is 23.3 Å². The van der Waals surface area contributed by atoms with Crippen molar-refractivity contribution in [1.29, 1.82) is 0 Å². The van der Waals surface area contributed by atoms with Crippen molar-refractivity contribution in [2.24, 2.45) is 0 Å². The zero-order valence-electron chi connectivity index (χ0n) is 13.6. The highest BCUT2D eigenvalue weighted by atomic mass is 16.2. The molecule has 6 nitrogen and oxygen atoms in total. The average molecular weight is 324 g/mol. The number of hydrogen-bond donors (Lipinski definition) is 2. The summed E-state index contributed by atoms with van der Waals surface area (Å²) in [4.78, 5) is 30.0. The van der Waals surface area contributed by atoms with Gasteiger partial charge in [-0.3, -0.25) is 14.7 Å². The largest absolute Gasteiger partial charge is 0.338 e. The lowest BCUT2D eigenvalue weighted by Crippen LogP contribution is -2.46. The summed E-state index contributed by atoms with van der Waals surface area (Å²) in [5.41, 5.74) is 3.24. The molecule has 2 heterocycles. The van der Waals surface area contributed by atoms with E-state index >= 15 is 0 Å². The van der Waals surface area contributed by atoms with E-state index in [-0.39, 0.29) is 18.4 Å². The monoisotopic (exact) mass is 324 g/mol. The Morgan fingerprint density at radius 2 is 2.21 bits per heavy atom. The molecule has 3 amide bonds. The van der Waals surface area contributed by atoms with E-state index in [9.17, 15) is 9.59 Å². The molecule has 1 aliphatic rings. The molecule has 1 aromatic carbocycles. The second-order valence-electron chi connectivity index (χ2n) is 5.82. The van der Waals surface area contributed by atoms with Gasteiger partial charge in [0.1, 0.15) is 0 Å². The molecular weight excluding hydrogens is 304 g/mol. The van der Waals surface area contributed by atoms with Gasteiger partial charge in [0, 0.05) is 36.4 Å². The lowest BCUT2D eigenvalue weighted by Gasteiger charge is -2.27. The van der Waals surface area contributed by atoms with Gasteiger partial charge in [0.05, 0.1) is 6.42 Å². The van der Waals surface area contributed by atoms with Crippen molar-refractivity contribution < 1.29 is 9.59 Å². The van der Waals surface area contributed by atoms with E-state index in [0.29, 0.717) is 18.8 Å². The van der Waals surface area contributed by atoms with Crippen LogP contribution in [0.15, 0.2) is 42.6 Å². The number of urea groups is 1. The van der Waals surface area contributed by atoms with Gasteiger partial charge in [-0.1, -0.05) is 12.1 Å². The number of nitrogens with zero attached hydrogens (tertiary/aromatic N) is 2. The first-order valence-corrected chi connectivity index (χ1v) is 7.98. The van der Waals surface area contributed by atoms with Crippen LogP contribution in [-0.2, 0) is 11.2 Å². The maximum Gasteiger partial charge on any atom is 0.321 e. The molecule has 24 heavy (non-hydrogen) atoms. The van der Waals surface area contributed by atoms with E-state index in [1.54, 1.807) is 11.1 Å². The summed E-state index contributed by atoms with van der Waals surface area (Å²) in [7, 11) is 0. The number of hydrogen-bond acceptors (Lipinski definition) is 3. The zero-order chi connectivity index (χ0) is 16.9. The Hall–Kier alpha value is -2.89. The molecule has 0 saturated carbocycles. The summed E-state index contributed by atoms with van der Waals surface area (Å²) in [6.07, 6.45) is 2.88. The number of nitrogens with one attached hydrogen (secondary N) is 2. The van der Waals surface area contributed by atoms with Crippen LogP contribution in [0, 0.1) is 6.92 Å². The molecule has 0 unspecified atom stereocenters. The minimum atomic E-state index is -0.110. The SMILES string of the molecule is Cc1ccc(CC(=O)Nc2cccc(N3CCCNC3=O)c2)cn1. The molecule has 1 aromatic heterocycles. The van der Waals surface area contributed by atoms with Crippen LogP contribution in [0.5, 0.6) is 0 Å². The molecule has 6 heteroatoms. The van der Waals surface area contributed by atoms with Crippen molar-refractivity contribution in [1.82, 2.24) is 10.3 Å². The third-order valence-electron chi connectivity index (χ3n) is 3.86. The fourth-order valence-electron chi connectivity index (χ4n) is 2.62. The molecule has 0 atom stereocenters. The Kier molecular flexibility index (Phi) is 4.74. The van der Waals surface area contributed by atoms with Gasteiger partial charge in [-0.05, 0) is 43.2 Å². The van der Waals surface area contributed by atoms with Gasteiger partial charge < -0.3 is 10.6 Å². The molecule has 0 bridgehead atoms. The Morgan fingerprint density at radius 3 is 2.96 bits per heavy atom. The first kappa shape index (κ1) is 16.0. The standard InChI is InChI=1S/C18H20N4O2/c1-13-6-7-14(12-20-13)10-17(23)21-15-4-2-5-16(11-15)22-9-3-8-19-18(22)24/h2,4-7,11-12H,3,8-10H2,1H3,(H,19,24)(H,21,23). The number of amides is 3. The maximum absolute atomic E-state index is 12.2. The van der Waals surface area contributed by atoms with E-state index < -0.39 is 0 Å². The van der Waals surface area contributed by atoms with Crippen LogP contribution < -0.4 is 15.5 Å². The quantitative estimate of drug-likeness (QED) is 0.907. The van der Waals surface area contributed by atoms with Crippen LogP contribution in [0.1, 0.15) is 17.7 Å². The second-order valence-corrected chi connectivity index (χ2v) is 5.82. The Morgan fingerprint density at radius 1 is 1.33 bits per heavy atom. The Balaban J connectivity index is 1.66. The van der Waals surface area contributed by atoms with E-state index in [1.165, 1.54) is 0 Å². The van der Waals surface area contributed by atoms with Crippen LogP contribution in [-0.4, -0.2) is 30.0 Å². The van der Waals surface area contributed by atoms with Crippen LogP contribution in [0.25, 0.3) is 0 Å². The van der Waals surface area contributed by atoms with Gasteiger partial charge in [-0.2, -0.15) is 0 Å². The minimum absolute atomic E-state index is 0.101. The number of pyridine rings is 1. The minimum Gasteiger partial charge on any atom is -0.338 e. The number of anilines is 2. The van der Waals surface area contributed by atoms with E-state index in [1.807, 2.05) is 43.3 Å². The summed E-state index contributed by atoms with van der Waals surface area (Å²) in [5.74, 6) is -0.110. The number of rotatable bonds is 4. The van der Waals surface area contributed by atoms with Gasteiger partial charge in [-0.15, -0.1) is 0 Å². The topological polar surface area (TPSA) is 74.3 Å². The number of carbonyl (C=O) groups is 2. The van der Waals surface area contributed by atoms with E-state index in [0.717, 1.165) is 23.4 Å². The lowest BCUT2D eigenvalue weighted by atomic mass is 10.2. The molecular formula is C18H20N4O2. The third-order valence-corrected chi connectivity index (χ3v) is 3.86. The van der Waals surface area contributed by atoms with Crippen LogP contribution in [0.4, 0.5) is 16.2 Å². The van der Waals surface area contributed by atoms with Crippen LogP contribution >= 0.6 is 0 Å². The maximum atomic E-state index is 12.2. The molecule has 124 valence electrons. The Bertz CT molecular complexity index is 743. The van der Waals surface area contributed by atoms with Gasteiger partial charge in [0.25, 0.3) is 0 Å². The zero-order valence-corrected chi connectivity index (χ0v) is 13.6. The summed E-state index contributed by atoms with van der Waals surface area (Å²) in [6.45, 7) is 3.29. The summed E-state index contributed by atoms with van der Waals surface area (Å²) < 4.78 is 0. The lowest BCUT2D eigenvalue weighted by molar-refractivity contribution is -0.115. The predicted molar refractivity (Wildman–Crippen MR) is 93.1 cm³/mol. The molecule has 2 N–H and O–H groups in total. The molecule has 2 aromatic rings. The summed E-state index contributed by atoms with van der Waals surface area (Å²) >= 11 is 0. The van der Waals surface area contributed by atoms with E-state index in [2.05, 4.69) is 15.6 Å². The van der Waals surface area contributed by atoms with E-state index in [4.69, 9.17) is 0 Å². The summed E-state index contributed by atoms with van der Waals surface area (Å²) in [5, 5.41) is 5.69. The Labute approximate surface area is 140 Å². The van der Waals surface area contributed by atoms with Gasteiger partial charge in [0.15, 0.2) is 0 Å². The molecule has 0 aliphatic carbocycles. The number of aromatic nitrogens is 1. The third kappa shape index (κ3) is 3.90. The fourth-order valence-corrected chi connectivity index (χ4v) is 2.62. The van der Waals surface area contributed by atoms with Crippen LogP contribution in [0.2, 0.25) is 0 Å². The molecule has 1 fully saturated rings. The van der Waals surface area contributed by atoms with Crippen molar-refractivity contribution >= 4 is 23.3 Å². The van der Waals surface area contributed by atoms with Crippen molar-refractivity contribution in [3.63, 3.8) is 0 Å². The van der Waals surface area contributed by atoms with Gasteiger partial charge in [0.2, 0.25) is 5.91 Å². The molecule has 1 saturated heterocycles. The highest BCUT2D eigenvalue weighted by Gasteiger charge is 2.19. The first-order valence-electron chi connectivity index (χ1n) is 7.98. The first-order chi connectivity index (χ1) is 11.6. The second kappa shape index (κ2) is 7.12. The average Bonchev–Trinajstić information content (AvgIpc) is 2.57. The number of carbonyl (C=O) groups excluding carboxylic acids is 2. The fraction of sp³-hybridized carbons (Fsp3) is 0.278. The smallest absolute Gasteiger partial charge is 0.321 e. The summed E-state index contributed by atoms with van der Waals surface area (Å²) in [6, 6.07) is 11.0.